The SMILES string of the molecule is COc1ccc(Cl)cc1CC1(C#N)CCc2ccccc21. The van der Waals surface area contributed by atoms with Crippen molar-refractivity contribution in [3.63, 3.8) is 0 Å². The van der Waals surface area contributed by atoms with Crippen LogP contribution in [-0.4, -0.2) is 7.11 Å². The predicted molar refractivity (Wildman–Crippen MR) is 83.8 cm³/mol. The van der Waals surface area contributed by atoms with E-state index in [2.05, 4.69) is 18.2 Å². The Morgan fingerprint density at radius 2 is 2.10 bits per heavy atom. The maximum Gasteiger partial charge on any atom is 0.122 e. The molecule has 2 nitrogen and oxygen atoms in total. The van der Waals surface area contributed by atoms with E-state index in [1.165, 1.54) is 5.56 Å². The Bertz CT molecular complexity index is 719. The molecule has 21 heavy (non-hydrogen) atoms. The Hall–Kier alpha value is -1.98. The Labute approximate surface area is 129 Å². The molecule has 1 unspecified atom stereocenters. The average molecular weight is 298 g/mol. The number of nitrogens with zero attached hydrogens (tertiary/aromatic N) is 1. The summed E-state index contributed by atoms with van der Waals surface area (Å²) >= 11 is 6.11. The van der Waals surface area contributed by atoms with Crippen LogP contribution in [0.2, 0.25) is 5.02 Å². The molecule has 1 aliphatic rings. The van der Waals surface area contributed by atoms with Gasteiger partial charge in [-0.1, -0.05) is 35.9 Å². The van der Waals surface area contributed by atoms with Gasteiger partial charge in [-0.3, -0.25) is 0 Å². The summed E-state index contributed by atoms with van der Waals surface area (Å²) in [5.74, 6) is 0.790. The van der Waals surface area contributed by atoms with Gasteiger partial charge in [-0.25, -0.2) is 0 Å². The zero-order chi connectivity index (χ0) is 14.9. The fourth-order valence-corrected chi connectivity index (χ4v) is 3.43. The first-order chi connectivity index (χ1) is 10.2. The normalized spacial score (nSPS) is 19.9. The third kappa shape index (κ3) is 2.39. The van der Waals surface area contributed by atoms with Crippen LogP contribution < -0.4 is 4.74 Å². The second kappa shape index (κ2) is 5.42. The van der Waals surface area contributed by atoms with Crippen molar-refractivity contribution in [1.29, 1.82) is 5.26 Å². The standard InChI is InChI=1S/C18H16ClNO/c1-21-17-7-6-15(19)10-14(17)11-18(12-20)9-8-13-4-2-3-5-16(13)18/h2-7,10H,8-9,11H2,1H3. The fraction of sp³-hybridized carbons (Fsp3) is 0.278. The molecule has 0 spiro atoms. The highest BCUT2D eigenvalue weighted by atomic mass is 35.5. The average Bonchev–Trinajstić information content (AvgIpc) is 2.87. The van der Waals surface area contributed by atoms with Gasteiger partial charge in [0, 0.05) is 5.02 Å². The third-order valence-electron chi connectivity index (χ3n) is 4.30. The van der Waals surface area contributed by atoms with E-state index < -0.39 is 5.41 Å². The summed E-state index contributed by atoms with van der Waals surface area (Å²) in [7, 11) is 1.65. The molecular formula is C18H16ClNO. The molecule has 2 aromatic rings. The molecule has 0 N–H and O–H groups in total. The van der Waals surface area contributed by atoms with E-state index in [9.17, 15) is 5.26 Å². The van der Waals surface area contributed by atoms with Gasteiger partial charge in [-0.05, 0) is 54.2 Å². The van der Waals surface area contributed by atoms with E-state index in [4.69, 9.17) is 16.3 Å². The van der Waals surface area contributed by atoms with Crippen LogP contribution in [0.15, 0.2) is 42.5 Å². The number of halogens is 1. The van der Waals surface area contributed by atoms with Gasteiger partial charge in [0.2, 0.25) is 0 Å². The lowest BCUT2D eigenvalue weighted by Crippen LogP contribution is -2.24. The highest BCUT2D eigenvalue weighted by molar-refractivity contribution is 6.30. The highest BCUT2D eigenvalue weighted by Gasteiger charge is 2.39. The third-order valence-corrected chi connectivity index (χ3v) is 4.54. The summed E-state index contributed by atoms with van der Waals surface area (Å²) < 4.78 is 5.42. The Kier molecular flexibility index (Phi) is 3.61. The number of hydrogen-bond acceptors (Lipinski definition) is 2. The van der Waals surface area contributed by atoms with Crippen LogP contribution in [0.5, 0.6) is 5.75 Å². The van der Waals surface area contributed by atoms with Gasteiger partial charge in [-0.2, -0.15) is 5.26 Å². The van der Waals surface area contributed by atoms with E-state index in [0.717, 1.165) is 29.7 Å². The van der Waals surface area contributed by atoms with E-state index in [1.807, 2.05) is 30.3 Å². The van der Waals surface area contributed by atoms with Crippen LogP contribution in [-0.2, 0) is 18.3 Å². The molecule has 3 rings (SSSR count). The van der Waals surface area contributed by atoms with Gasteiger partial charge in [0.05, 0.1) is 18.6 Å². The van der Waals surface area contributed by atoms with Crippen LogP contribution in [0.25, 0.3) is 0 Å². The molecule has 0 fully saturated rings. The van der Waals surface area contributed by atoms with E-state index >= 15 is 0 Å². The Morgan fingerprint density at radius 3 is 2.86 bits per heavy atom. The van der Waals surface area contributed by atoms with Crippen molar-refractivity contribution in [2.45, 2.75) is 24.7 Å². The van der Waals surface area contributed by atoms with Crippen LogP contribution >= 0.6 is 11.6 Å². The summed E-state index contributed by atoms with van der Waals surface area (Å²) in [6.45, 7) is 0. The van der Waals surface area contributed by atoms with Crippen LogP contribution in [0.1, 0.15) is 23.1 Å². The molecule has 0 amide bonds. The van der Waals surface area contributed by atoms with Gasteiger partial charge in [-0.15, -0.1) is 0 Å². The van der Waals surface area contributed by atoms with Crippen molar-refractivity contribution >= 4 is 11.6 Å². The van der Waals surface area contributed by atoms with Gasteiger partial charge in [0.1, 0.15) is 5.75 Å². The maximum atomic E-state index is 9.83. The van der Waals surface area contributed by atoms with E-state index in [0.29, 0.717) is 11.4 Å². The smallest absolute Gasteiger partial charge is 0.122 e. The first kappa shape index (κ1) is 14.0. The van der Waals surface area contributed by atoms with Crippen molar-refractivity contribution in [2.24, 2.45) is 0 Å². The molecule has 1 atom stereocenters. The first-order valence-corrected chi connectivity index (χ1v) is 7.38. The largest absolute Gasteiger partial charge is 0.496 e. The van der Waals surface area contributed by atoms with Crippen LogP contribution in [0, 0.1) is 11.3 Å². The minimum atomic E-state index is -0.478. The van der Waals surface area contributed by atoms with Crippen molar-refractivity contribution in [2.75, 3.05) is 7.11 Å². The van der Waals surface area contributed by atoms with Crippen LogP contribution in [0.4, 0.5) is 0 Å². The zero-order valence-corrected chi connectivity index (χ0v) is 12.7. The Balaban J connectivity index is 2.05. The molecule has 3 heteroatoms. The maximum absolute atomic E-state index is 9.83. The topological polar surface area (TPSA) is 33.0 Å². The van der Waals surface area contributed by atoms with E-state index in [1.54, 1.807) is 7.11 Å². The van der Waals surface area contributed by atoms with Gasteiger partial charge in [0.25, 0.3) is 0 Å². The van der Waals surface area contributed by atoms with Crippen molar-refractivity contribution in [3.05, 3.63) is 64.2 Å². The first-order valence-electron chi connectivity index (χ1n) is 7.00. The summed E-state index contributed by atoms with van der Waals surface area (Å²) in [6.07, 6.45) is 2.43. The monoisotopic (exact) mass is 297 g/mol. The van der Waals surface area contributed by atoms with E-state index in [-0.39, 0.29) is 0 Å². The number of nitriles is 1. The van der Waals surface area contributed by atoms with Crippen molar-refractivity contribution in [1.82, 2.24) is 0 Å². The second-order valence-electron chi connectivity index (χ2n) is 5.48. The number of aryl methyl sites for hydroxylation is 1. The summed E-state index contributed by atoms with van der Waals surface area (Å²) in [4.78, 5) is 0. The minimum Gasteiger partial charge on any atom is -0.496 e. The minimum absolute atomic E-state index is 0.478. The zero-order valence-electron chi connectivity index (χ0n) is 11.9. The van der Waals surface area contributed by atoms with Gasteiger partial charge in [0.15, 0.2) is 0 Å². The lowest BCUT2D eigenvalue weighted by Gasteiger charge is -2.23. The number of methoxy groups -OCH3 is 1. The molecule has 0 saturated carbocycles. The molecule has 0 saturated heterocycles. The lowest BCUT2D eigenvalue weighted by molar-refractivity contribution is 0.404. The van der Waals surface area contributed by atoms with Crippen molar-refractivity contribution in [3.8, 4) is 11.8 Å². The number of ether oxygens (including phenoxy) is 1. The predicted octanol–water partition coefficient (Wildman–Crippen LogP) is 4.30. The summed E-state index contributed by atoms with van der Waals surface area (Å²) in [5, 5.41) is 10.5. The summed E-state index contributed by atoms with van der Waals surface area (Å²) in [6, 6.07) is 16.4. The molecule has 2 aromatic carbocycles. The number of fused-ring (bicyclic) bond motifs is 1. The van der Waals surface area contributed by atoms with Gasteiger partial charge >= 0.3 is 0 Å². The fourth-order valence-electron chi connectivity index (χ4n) is 3.24. The van der Waals surface area contributed by atoms with Crippen LogP contribution in [0.3, 0.4) is 0 Å². The molecule has 0 heterocycles. The molecule has 0 aromatic heterocycles. The molecular weight excluding hydrogens is 282 g/mol. The number of benzene rings is 2. The molecule has 0 radical (unpaired) electrons. The van der Waals surface area contributed by atoms with Crippen molar-refractivity contribution < 1.29 is 4.74 Å². The quantitative estimate of drug-likeness (QED) is 0.846. The van der Waals surface area contributed by atoms with Gasteiger partial charge < -0.3 is 4.74 Å². The molecule has 0 bridgehead atoms. The number of hydrogen-bond donors (Lipinski definition) is 0. The Morgan fingerprint density at radius 1 is 1.29 bits per heavy atom. The molecule has 106 valence electrons. The lowest BCUT2D eigenvalue weighted by atomic mass is 9.78. The molecule has 0 aliphatic heterocycles. The molecule has 1 aliphatic carbocycles. The summed E-state index contributed by atoms with van der Waals surface area (Å²) in [5.41, 5.74) is 2.94. The second-order valence-corrected chi connectivity index (χ2v) is 5.92. The number of rotatable bonds is 3. The highest BCUT2D eigenvalue weighted by Crippen LogP contribution is 2.42.